The molecule has 0 spiro atoms. The minimum atomic E-state index is -0.860. The molecule has 5 heteroatoms. The van der Waals surface area contributed by atoms with Crippen molar-refractivity contribution in [3.63, 3.8) is 0 Å². The number of nitrogens with two attached hydrogens (primary N) is 1. The second-order valence-electron chi connectivity index (χ2n) is 8.39. The molecule has 3 aromatic rings. The van der Waals surface area contributed by atoms with Crippen LogP contribution in [0, 0.1) is 5.41 Å². The van der Waals surface area contributed by atoms with Gasteiger partial charge in [-0.25, -0.2) is 10.7 Å². The lowest BCUT2D eigenvalue weighted by atomic mass is 9.78. The van der Waals surface area contributed by atoms with Gasteiger partial charge in [-0.1, -0.05) is 56.3 Å². The second kappa shape index (κ2) is 7.75. The third-order valence-corrected chi connectivity index (χ3v) is 6.96. The molecule has 0 radical (unpaired) electrons. The summed E-state index contributed by atoms with van der Waals surface area (Å²) >= 11 is 1.58. The van der Waals surface area contributed by atoms with Gasteiger partial charge in [0.05, 0.1) is 12.2 Å². The van der Waals surface area contributed by atoms with Gasteiger partial charge < -0.3 is 5.11 Å². The number of thiophene rings is 1. The van der Waals surface area contributed by atoms with E-state index >= 15 is 0 Å². The summed E-state index contributed by atoms with van der Waals surface area (Å²) in [6.45, 7) is 4.85. The Morgan fingerprint density at radius 2 is 2.03 bits per heavy atom. The second-order valence-corrected chi connectivity index (χ2v) is 9.44. The maximum absolute atomic E-state index is 12.1. The zero-order valence-electron chi connectivity index (χ0n) is 16.7. The highest BCUT2D eigenvalue weighted by molar-refractivity contribution is 7.20. The summed E-state index contributed by atoms with van der Waals surface area (Å²) < 4.78 is 0.990. The van der Waals surface area contributed by atoms with Gasteiger partial charge in [0.1, 0.15) is 0 Å². The molecule has 0 saturated carbocycles. The zero-order valence-corrected chi connectivity index (χ0v) is 17.5. The third-order valence-electron chi connectivity index (χ3n) is 5.73. The lowest BCUT2D eigenvalue weighted by Gasteiger charge is -2.28. The Morgan fingerprint density at radius 1 is 1.24 bits per heavy atom. The molecule has 0 unspecified atom stereocenters. The fourth-order valence-corrected chi connectivity index (χ4v) is 5.30. The minimum Gasteiger partial charge on any atom is -0.478 e. The Kier molecular flexibility index (Phi) is 5.30. The fourth-order valence-electron chi connectivity index (χ4n) is 4.00. The normalized spacial score (nSPS) is 16.0. The quantitative estimate of drug-likeness (QED) is 0.490. The van der Waals surface area contributed by atoms with Crippen LogP contribution in [0.1, 0.15) is 53.9 Å². The van der Waals surface area contributed by atoms with Crippen molar-refractivity contribution in [1.29, 1.82) is 0 Å². The molecule has 1 heterocycles. The van der Waals surface area contributed by atoms with E-state index in [1.807, 2.05) is 36.4 Å². The van der Waals surface area contributed by atoms with Crippen molar-refractivity contribution in [1.82, 2.24) is 0 Å². The predicted molar refractivity (Wildman–Crippen MR) is 119 cm³/mol. The van der Waals surface area contributed by atoms with Gasteiger partial charge in [0.25, 0.3) is 0 Å². The van der Waals surface area contributed by atoms with E-state index in [1.54, 1.807) is 11.3 Å². The summed E-state index contributed by atoms with van der Waals surface area (Å²) in [5.74, 6) is 4.43. The molecule has 1 aliphatic carbocycles. The molecule has 1 aromatic heterocycles. The van der Waals surface area contributed by atoms with Gasteiger partial charge in [-0.3, -0.25) is 4.84 Å². The minimum absolute atomic E-state index is 0.283. The number of rotatable bonds is 5. The number of hydrogen-bond acceptors (Lipinski definition) is 4. The molecule has 29 heavy (non-hydrogen) atoms. The Morgan fingerprint density at radius 3 is 2.72 bits per heavy atom. The average molecular weight is 408 g/mol. The summed E-state index contributed by atoms with van der Waals surface area (Å²) in [7, 11) is 0. The van der Waals surface area contributed by atoms with Crippen molar-refractivity contribution in [3.8, 4) is 11.1 Å². The third kappa shape index (κ3) is 3.86. The van der Waals surface area contributed by atoms with Gasteiger partial charge in [0.15, 0.2) is 0 Å². The molecule has 1 aliphatic rings. The van der Waals surface area contributed by atoms with Gasteiger partial charge in [-0.2, -0.15) is 0 Å². The highest BCUT2D eigenvalue weighted by Crippen LogP contribution is 2.44. The van der Waals surface area contributed by atoms with Crippen LogP contribution in [0.4, 0.5) is 0 Å². The number of allylic oxidation sites excluding steroid dienone is 2. The van der Waals surface area contributed by atoms with Crippen molar-refractivity contribution in [2.24, 2.45) is 11.3 Å². The first-order chi connectivity index (χ1) is 13.9. The molecule has 2 aromatic carbocycles. The molecule has 0 aliphatic heterocycles. The van der Waals surface area contributed by atoms with E-state index in [1.165, 1.54) is 5.57 Å². The van der Waals surface area contributed by atoms with Crippen LogP contribution in [0.25, 0.3) is 26.8 Å². The van der Waals surface area contributed by atoms with Crippen molar-refractivity contribution in [2.45, 2.75) is 39.7 Å². The van der Waals surface area contributed by atoms with Crippen LogP contribution in [-0.2, 0) is 11.4 Å². The molecule has 0 saturated heterocycles. The molecular weight excluding hydrogens is 382 g/mol. The van der Waals surface area contributed by atoms with E-state index in [4.69, 9.17) is 10.7 Å². The SMILES string of the molecule is CC1(C)CC=C(c2sc3cc(-c4ccccc4CON)ccc3c2C(=O)O)CC1. The van der Waals surface area contributed by atoms with Crippen LogP contribution in [0.3, 0.4) is 0 Å². The first-order valence-corrected chi connectivity index (χ1v) is 10.6. The lowest BCUT2D eigenvalue weighted by Crippen LogP contribution is -2.14. The Labute approximate surface area is 174 Å². The van der Waals surface area contributed by atoms with E-state index in [0.29, 0.717) is 12.2 Å². The summed E-state index contributed by atoms with van der Waals surface area (Å²) in [5, 5.41) is 10.7. The van der Waals surface area contributed by atoms with Gasteiger partial charge in [-0.05, 0) is 53.0 Å². The molecule has 0 bridgehead atoms. The van der Waals surface area contributed by atoms with Crippen LogP contribution in [0.5, 0.6) is 0 Å². The monoisotopic (exact) mass is 407 g/mol. The van der Waals surface area contributed by atoms with E-state index < -0.39 is 5.97 Å². The topological polar surface area (TPSA) is 72.5 Å². The average Bonchev–Trinajstić information content (AvgIpc) is 3.07. The van der Waals surface area contributed by atoms with Gasteiger partial charge >= 0.3 is 5.97 Å². The fraction of sp³-hybridized carbons (Fsp3) is 0.292. The standard InChI is InChI=1S/C24H25NO3S/c1-24(2)11-9-15(10-12-24)22-21(23(26)27)19-8-7-16(13-20(19)29-22)18-6-4-3-5-17(18)14-28-25/h3-9,13H,10-12,14,25H2,1-2H3,(H,26,27). The predicted octanol–water partition coefficient (Wildman–Crippen LogP) is 6.25. The summed E-state index contributed by atoms with van der Waals surface area (Å²) in [6.07, 6.45) is 5.20. The van der Waals surface area contributed by atoms with E-state index in [9.17, 15) is 9.90 Å². The number of carboxylic acids is 1. The largest absolute Gasteiger partial charge is 0.478 e. The first kappa shape index (κ1) is 19.8. The number of hydrogen-bond donors (Lipinski definition) is 2. The number of fused-ring (bicyclic) bond motifs is 1. The van der Waals surface area contributed by atoms with Crippen LogP contribution in [0.2, 0.25) is 0 Å². The molecule has 3 N–H and O–H groups in total. The molecule has 4 nitrogen and oxygen atoms in total. The molecule has 150 valence electrons. The maximum Gasteiger partial charge on any atom is 0.337 e. The van der Waals surface area contributed by atoms with Gasteiger partial charge in [-0.15, -0.1) is 11.3 Å². The van der Waals surface area contributed by atoms with Crippen molar-refractivity contribution in [2.75, 3.05) is 0 Å². The summed E-state index contributed by atoms with van der Waals surface area (Å²) in [6, 6.07) is 14.0. The highest BCUT2D eigenvalue weighted by atomic mass is 32.1. The molecule has 0 atom stereocenters. The first-order valence-electron chi connectivity index (χ1n) is 9.79. The Bertz CT molecular complexity index is 1110. The number of aromatic carboxylic acids is 1. The summed E-state index contributed by atoms with van der Waals surface area (Å²) in [5.41, 5.74) is 4.97. The van der Waals surface area contributed by atoms with E-state index in [-0.39, 0.29) is 5.41 Å². The summed E-state index contributed by atoms with van der Waals surface area (Å²) in [4.78, 5) is 17.9. The highest BCUT2D eigenvalue weighted by Gasteiger charge is 2.27. The zero-order chi connectivity index (χ0) is 20.6. The maximum atomic E-state index is 12.1. The number of carbonyl (C=O) groups is 1. The van der Waals surface area contributed by atoms with Crippen LogP contribution >= 0.6 is 11.3 Å². The van der Waals surface area contributed by atoms with Gasteiger partial charge in [0.2, 0.25) is 0 Å². The van der Waals surface area contributed by atoms with Crippen LogP contribution in [-0.4, -0.2) is 11.1 Å². The van der Waals surface area contributed by atoms with Crippen molar-refractivity contribution < 1.29 is 14.7 Å². The van der Waals surface area contributed by atoms with Crippen LogP contribution < -0.4 is 5.90 Å². The van der Waals surface area contributed by atoms with Gasteiger partial charge in [0, 0.05) is 15.0 Å². The Balaban J connectivity index is 1.83. The van der Waals surface area contributed by atoms with E-state index in [0.717, 1.165) is 50.9 Å². The molecule has 0 fully saturated rings. The van der Waals surface area contributed by atoms with Crippen LogP contribution in [0.15, 0.2) is 48.5 Å². The van der Waals surface area contributed by atoms with Crippen molar-refractivity contribution >= 4 is 33.0 Å². The Hall–Kier alpha value is -2.47. The molecular formula is C24H25NO3S. The van der Waals surface area contributed by atoms with Crippen molar-refractivity contribution in [3.05, 3.63) is 64.5 Å². The lowest BCUT2D eigenvalue weighted by molar-refractivity contribution is 0.0699. The number of carboxylic acid groups (broad SMARTS) is 1. The van der Waals surface area contributed by atoms with E-state index in [2.05, 4.69) is 26.0 Å². The smallest absolute Gasteiger partial charge is 0.337 e. The number of benzene rings is 2. The molecule has 4 rings (SSSR count). The molecule has 0 amide bonds.